The largest absolute Gasteiger partial charge is 0.389 e. The van der Waals surface area contributed by atoms with Gasteiger partial charge in [0.15, 0.2) is 0 Å². The van der Waals surface area contributed by atoms with Crippen molar-refractivity contribution in [3.8, 4) is 6.07 Å². The van der Waals surface area contributed by atoms with Gasteiger partial charge in [0, 0.05) is 13.7 Å². The lowest BCUT2D eigenvalue weighted by Gasteiger charge is -2.23. The van der Waals surface area contributed by atoms with Gasteiger partial charge in [-0.15, -0.1) is 0 Å². The molecular weight excluding hydrogens is 208 g/mol. The van der Waals surface area contributed by atoms with Gasteiger partial charge in [-0.2, -0.15) is 5.26 Å². The molecule has 0 radical (unpaired) electrons. The van der Waals surface area contributed by atoms with Crippen molar-refractivity contribution < 1.29 is 14.6 Å². The van der Waals surface area contributed by atoms with Crippen molar-refractivity contribution in [3.05, 3.63) is 0 Å². The minimum absolute atomic E-state index is 0.0293. The zero-order valence-corrected chi connectivity index (χ0v) is 10.5. The molecule has 0 heterocycles. The average molecular weight is 230 g/mol. The zero-order valence-electron chi connectivity index (χ0n) is 10.5. The summed E-state index contributed by atoms with van der Waals surface area (Å²) in [5.74, 6) is 0. The molecule has 0 aliphatic carbocycles. The van der Waals surface area contributed by atoms with Gasteiger partial charge in [0.25, 0.3) is 0 Å². The zero-order chi connectivity index (χ0) is 12.6. The van der Waals surface area contributed by atoms with Crippen LogP contribution in [0.3, 0.4) is 0 Å². The smallest absolute Gasteiger partial charge is 0.0947 e. The van der Waals surface area contributed by atoms with E-state index in [0.717, 1.165) is 0 Å². The highest BCUT2D eigenvalue weighted by atomic mass is 16.5. The summed E-state index contributed by atoms with van der Waals surface area (Å²) in [4.78, 5) is 1.79. The van der Waals surface area contributed by atoms with Crippen LogP contribution in [0.15, 0.2) is 0 Å². The molecule has 3 atom stereocenters. The maximum Gasteiger partial charge on any atom is 0.0947 e. The van der Waals surface area contributed by atoms with Crippen molar-refractivity contribution >= 4 is 0 Å². The standard InChI is InChI=1S/C11H22N2O3/c1-9(5-12)13(3)6-11(14)8-16-10(2)7-15-4/h9-11,14H,6-8H2,1-4H3. The third-order valence-corrected chi connectivity index (χ3v) is 2.32. The van der Waals surface area contributed by atoms with Crippen molar-refractivity contribution in [1.29, 1.82) is 5.26 Å². The van der Waals surface area contributed by atoms with E-state index in [4.69, 9.17) is 14.7 Å². The lowest BCUT2D eigenvalue weighted by atomic mass is 10.3. The molecule has 0 saturated heterocycles. The van der Waals surface area contributed by atoms with Crippen LogP contribution in [0.1, 0.15) is 13.8 Å². The molecule has 0 spiro atoms. The number of aliphatic hydroxyl groups is 1. The number of nitrogens with zero attached hydrogens (tertiary/aromatic N) is 2. The second-order valence-corrected chi connectivity index (χ2v) is 4.00. The number of aliphatic hydroxyl groups excluding tert-OH is 1. The minimum Gasteiger partial charge on any atom is -0.389 e. The summed E-state index contributed by atoms with van der Waals surface area (Å²) in [6.07, 6.45) is -0.613. The highest BCUT2D eigenvalue weighted by Crippen LogP contribution is 1.99. The van der Waals surface area contributed by atoms with Gasteiger partial charge >= 0.3 is 0 Å². The fourth-order valence-corrected chi connectivity index (χ4v) is 1.20. The average Bonchev–Trinajstić information content (AvgIpc) is 2.25. The van der Waals surface area contributed by atoms with E-state index in [1.54, 1.807) is 26.0 Å². The molecule has 1 N–H and O–H groups in total. The molecular formula is C11H22N2O3. The highest BCUT2D eigenvalue weighted by molar-refractivity contribution is 4.87. The second-order valence-electron chi connectivity index (χ2n) is 4.00. The summed E-state index contributed by atoms with van der Waals surface area (Å²) >= 11 is 0. The van der Waals surface area contributed by atoms with Crippen LogP contribution < -0.4 is 0 Å². The van der Waals surface area contributed by atoms with E-state index in [1.165, 1.54) is 0 Å². The maximum absolute atomic E-state index is 9.66. The van der Waals surface area contributed by atoms with Gasteiger partial charge < -0.3 is 14.6 Å². The first kappa shape index (κ1) is 15.3. The first-order valence-electron chi connectivity index (χ1n) is 5.39. The predicted molar refractivity (Wildman–Crippen MR) is 61.0 cm³/mol. The van der Waals surface area contributed by atoms with Crippen molar-refractivity contribution in [1.82, 2.24) is 4.90 Å². The van der Waals surface area contributed by atoms with E-state index in [-0.39, 0.29) is 18.8 Å². The van der Waals surface area contributed by atoms with Crippen molar-refractivity contribution in [2.75, 3.05) is 33.9 Å². The number of methoxy groups -OCH3 is 1. The van der Waals surface area contributed by atoms with Gasteiger partial charge in [-0.05, 0) is 20.9 Å². The Balaban J connectivity index is 3.74. The van der Waals surface area contributed by atoms with E-state index in [9.17, 15) is 5.11 Å². The van der Waals surface area contributed by atoms with Gasteiger partial charge in [0.2, 0.25) is 0 Å². The van der Waals surface area contributed by atoms with Crippen molar-refractivity contribution in [2.45, 2.75) is 32.1 Å². The molecule has 0 aromatic carbocycles. The molecule has 0 amide bonds. The molecule has 0 aromatic rings. The monoisotopic (exact) mass is 230 g/mol. The summed E-state index contributed by atoms with van der Waals surface area (Å²) in [5.41, 5.74) is 0. The third-order valence-electron chi connectivity index (χ3n) is 2.32. The Labute approximate surface area is 97.6 Å². The van der Waals surface area contributed by atoms with Crippen LogP contribution in [0.2, 0.25) is 0 Å². The van der Waals surface area contributed by atoms with Gasteiger partial charge in [-0.25, -0.2) is 0 Å². The van der Waals surface area contributed by atoms with E-state index in [0.29, 0.717) is 13.2 Å². The third kappa shape index (κ3) is 6.75. The molecule has 94 valence electrons. The van der Waals surface area contributed by atoms with Crippen LogP contribution >= 0.6 is 0 Å². The Morgan fingerprint density at radius 3 is 2.50 bits per heavy atom. The Hall–Kier alpha value is -0.670. The van der Waals surface area contributed by atoms with Crippen LogP contribution in [0, 0.1) is 11.3 Å². The van der Waals surface area contributed by atoms with Gasteiger partial charge in [0.05, 0.1) is 37.5 Å². The number of likely N-dealkylation sites (N-methyl/N-ethyl adjacent to an activating group) is 1. The van der Waals surface area contributed by atoms with E-state index < -0.39 is 6.10 Å². The summed E-state index contributed by atoms with van der Waals surface area (Å²) in [7, 11) is 3.41. The molecule has 0 bridgehead atoms. The van der Waals surface area contributed by atoms with Crippen LogP contribution in [0.4, 0.5) is 0 Å². The molecule has 0 rings (SSSR count). The minimum atomic E-state index is -0.583. The van der Waals surface area contributed by atoms with Gasteiger partial charge in [-0.1, -0.05) is 0 Å². The van der Waals surface area contributed by atoms with Crippen LogP contribution in [0.25, 0.3) is 0 Å². The molecule has 0 aliphatic rings. The lowest BCUT2D eigenvalue weighted by molar-refractivity contribution is -0.0390. The highest BCUT2D eigenvalue weighted by Gasteiger charge is 2.14. The summed E-state index contributed by atoms with van der Waals surface area (Å²) in [6, 6.07) is 1.91. The molecule has 16 heavy (non-hydrogen) atoms. The molecule has 0 saturated carbocycles. The van der Waals surface area contributed by atoms with Crippen molar-refractivity contribution in [2.24, 2.45) is 0 Å². The normalized spacial score (nSPS) is 16.8. The maximum atomic E-state index is 9.66. The Kier molecular flexibility index (Phi) is 8.12. The Morgan fingerprint density at radius 1 is 1.38 bits per heavy atom. The lowest BCUT2D eigenvalue weighted by Crippen LogP contribution is -2.37. The summed E-state index contributed by atoms with van der Waals surface area (Å²) in [6.45, 7) is 4.87. The van der Waals surface area contributed by atoms with Gasteiger partial charge in [0.1, 0.15) is 0 Å². The quantitative estimate of drug-likeness (QED) is 0.647. The number of nitriles is 1. The van der Waals surface area contributed by atoms with Crippen molar-refractivity contribution in [3.63, 3.8) is 0 Å². The SMILES string of the molecule is COCC(C)OCC(O)CN(C)C(C)C#N. The summed E-state index contributed by atoms with van der Waals surface area (Å²) < 4.78 is 10.3. The number of rotatable bonds is 8. The molecule has 0 aromatic heterocycles. The molecule has 0 fully saturated rings. The first-order chi connectivity index (χ1) is 7.51. The van der Waals surface area contributed by atoms with E-state index in [1.807, 2.05) is 6.92 Å². The van der Waals surface area contributed by atoms with E-state index >= 15 is 0 Å². The van der Waals surface area contributed by atoms with Crippen LogP contribution in [0.5, 0.6) is 0 Å². The predicted octanol–water partition coefficient (Wildman–Crippen LogP) is 0.243. The Bertz CT molecular complexity index is 218. The van der Waals surface area contributed by atoms with Crippen LogP contribution in [-0.2, 0) is 9.47 Å². The second kappa shape index (κ2) is 8.48. The number of hydrogen-bond acceptors (Lipinski definition) is 5. The van der Waals surface area contributed by atoms with Gasteiger partial charge in [-0.3, -0.25) is 4.90 Å². The topological polar surface area (TPSA) is 65.7 Å². The fourth-order valence-electron chi connectivity index (χ4n) is 1.20. The molecule has 5 nitrogen and oxygen atoms in total. The van der Waals surface area contributed by atoms with E-state index in [2.05, 4.69) is 6.07 Å². The number of hydrogen-bond donors (Lipinski definition) is 1. The fraction of sp³-hybridized carbons (Fsp3) is 0.909. The molecule has 0 aliphatic heterocycles. The molecule has 3 unspecified atom stereocenters. The Morgan fingerprint density at radius 2 is 2.00 bits per heavy atom. The molecule has 5 heteroatoms. The summed E-state index contributed by atoms with van der Waals surface area (Å²) in [5, 5.41) is 18.3. The van der Waals surface area contributed by atoms with Crippen LogP contribution in [-0.4, -0.2) is 62.2 Å². The number of ether oxygens (including phenoxy) is 2. The first-order valence-corrected chi connectivity index (χ1v) is 5.39.